The third-order valence-corrected chi connectivity index (χ3v) is 2.99. The largest absolute Gasteiger partial charge is 0.393 e. The molecule has 2 rings (SSSR count). The smallest absolute Gasteiger partial charge is 0.292 e. The Morgan fingerprint density at radius 3 is 2.62 bits per heavy atom. The molecule has 0 aromatic heterocycles. The Labute approximate surface area is 123 Å². The highest BCUT2D eigenvalue weighted by Crippen LogP contribution is 2.25. The fourth-order valence-corrected chi connectivity index (χ4v) is 1.81. The van der Waals surface area contributed by atoms with Gasteiger partial charge in [0, 0.05) is 11.6 Å². The number of halogens is 2. The van der Waals surface area contributed by atoms with Crippen molar-refractivity contribution < 1.29 is 14.1 Å². The average molecular weight is 310 g/mol. The van der Waals surface area contributed by atoms with Crippen molar-refractivity contribution in [2.45, 2.75) is 0 Å². The minimum absolute atomic E-state index is 0.0958. The highest BCUT2D eigenvalue weighted by atomic mass is 35.5. The summed E-state index contributed by atoms with van der Waals surface area (Å²) in [6.45, 7) is 0. The Hall–Kier alpha value is -2.67. The second-order valence-electron chi connectivity index (χ2n) is 4.11. The second-order valence-corrected chi connectivity index (χ2v) is 4.52. The van der Waals surface area contributed by atoms with Crippen molar-refractivity contribution >= 4 is 34.6 Å². The highest BCUT2D eigenvalue weighted by Gasteiger charge is 2.15. The predicted octanol–water partition coefficient (Wildman–Crippen LogP) is 3.22. The molecule has 0 spiro atoms. The zero-order chi connectivity index (χ0) is 15.6. The minimum atomic E-state index is -0.652. The van der Waals surface area contributed by atoms with Gasteiger partial charge >= 0.3 is 0 Å². The van der Waals surface area contributed by atoms with Crippen LogP contribution in [0, 0.1) is 15.9 Å². The molecule has 0 atom stereocenters. The number of hydrogen-bond acceptors (Lipinski definition) is 4. The molecule has 2 aromatic carbocycles. The van der Waals surface area contributed by atoms with Crippen LogP contribution in [-0.2, 0) is 0 Å². The molecule has 0 fully saturated rings. The molecule has 0 heterocycles. The van der Waals surface area contributed by atoms with E-state index in [1.807, 2.05) is 0 Å². The Bertz CT molecular complexity index is 737. The van der Waals surface area contributed by atoms with Crippen LogP contribution in [0.3, 0.4) is 0 Å². The van der Waals surface area contributed by atoms with Gasteiger partial charge in [0.15, 0.2) is 0 Å². The first-order chi connectivity index (χ1) is 9.88. The molecule has 2 aromatic rings. The number of hydrogen-bond donors (Lipinski definition) is 2. The van der Waals surface area contributed by atoms with E-state index in [0.29, 0.717) is 0 Å². The van der Waals surface area contributed by atoms with Gasteiger partial charge in [0.05, 0.1) is 15.6 Å². The van der Waals surface area contributed by atoms with Crippen molar-refractivity contribution in [1.29, 1.82) is 0 Å². The fraction of sp³-hybridized carbons (Fsp3) is 0. The maximum atomic E-state index is 13.1. The first kappa shape index (κ1) is 14.7. The van der Waals surface area contributed by atoms with E-state index in [9.17, 15) is 19.3 Å². The number of rotatable bonds is 3. The molecule has 108 valence electrons. The lowest BCUT2D eigenvalue weighted by atomic mass is 10.1. The summed E-state index contributed by atoms with van der Waals surface area (Å²) in [4.78, 5) is 22.0. The number of amides is 1. The van der Waals surface area contributed by atoms with Crippen molar-refractivity contribution in [2.75, 3.05) is 11.1 Å². The van der Waals surface area contributed by atoms with Gasteiger partial charge in [-0.1, -0.05) is 11.6 Å². The summed E-state index contributed by atoms with van der Waals surface area (Å²) in [7, 11) is 0. The number of carbonyl (C=O) groups excluding carboxylic acids is 1. The van der Waals surface area contributed by atoms with Crippen molar-refractivity contribution in [3.05, 3.63) is 62.9 Å². The SMILES string of the molecule is Nc1cc(C(=O)Nc2cc(F)ccc2Cl)ccc1[N+](=O)[O-]. The molecule has 1 amide bonds. The van der Waals surface area contributed by atoms with Crippen LogP contribution in [0.15, 0.2) is 36.4 Å². The molecule has 0 radical (unpaired) electrons. The van der Waals surface area contributed by atoms with Crippen LogP contribution in [0.2, 0.25) is 5.02 Å². The average Bonchev–Trinajstić information content (AvgIpc) is 2.42. The molecule has 0 saturated carbocycles. The number of carbonyl (C=O) groups is 1. The maximum absolute atomic E-state index is 13.1. The minimum Gasteiger partial charge on any atom is -0.393 e. The summed E-state index contributed by atoms with van der Waals surface area (Å²) >= 11 is 5.83. The van der Waals surface area contributed by atoms with Crippen LogP contribution >= 0.6 is 11.6 Å². The van der Waals surface area contributed by atoms with Gasteiger partial charge in [-0.15, -0.1) is 0 Å². The van der Waals surface area contributed by atoms with Gasteiger partial charge in [0.25, 0.3) is 11.6 Å². The van der Waals surface area contributed by atoms with E-state index in [0.717, 1.165) is 18.2 Å². The number of benzene rings is 2. The standard InChI is InChI=1S/C13H9ClFN3O3/c14-9-3-2-8(15)6-11(9)17-13(19)7-1-4-12(18(20)21)10(16)5-7/h1-6H,16H2,(H,17,19). The number of nitro benzene ring substituents is 1. The van der Waals surface area contributed by atoms with Crippen molar-refractivity contribution in [3.63, 3.8) is 0 Å². The normalized spacial score (nSPS) is 10.2. The molecule has 0 bridgehead atoms. The topological polar surface area (TPSA) is 98.3 Å². The molecule has 3 N–H and O–H groups in total. The number of nitrogen functional groups attached to an aromatic ring is 1. The van der Waals surface area contributed by atoms with Gasteiger partial charge in [-0.05, 0) is 30.3 Å². The zero-order valence-corrected chi connectivity index (χ0v) is 11.2. The summed E-state index contributed by atoms with van der Waals surface area (Å²) in [6, 6.07) is 7.06. The van der Waals surface area contributed by atoms with Gasteiger partial charge in [-0.25, -0.2) is 4.39 Å². The Morgan fingerprint density at radius 2 is 2.00 bits per heavy atom. The van der Waals surface area contributed by atoms with Gasteiger partial charge in [-0.3, -0.25) is 14.9 Å². The summed E-state index contributed by atoms with van der Waals surface area (Å²) in [5.41, 5.74) is 5.25. The van der Waals surface area contributed by atoms with Crippen LogP contribution in [0.25, 0.3) is 0 Å². The van der Waals surface area contributed by atoms with E-state index in [4.69, 9.17) is 17.3 Å². The maximum Gasteiger partial charge on any atom is 0.292 e. The molecule has 0 saturated heterocycles. The summed E-state index contributed by atoms with van der Waals surface area (Å²) in [6.07, 6.45) is 0. The van der Waals surface area contributed by atoms with Gasteiger partial charge in [-0.2, -0.15) is 0 Å². The van der Waals surface area contributed by atoms with Crippen LogP contribution in [-0.4, -0.2) is 10.8 Å². The van der Waals surface area contributed by atoms with Crippen molar-refractivity contribution in [2.24, 2.45) is 0 Å². The molecule has 0 aliphatic rings. The lowest BCUT2D eigenvalue weighted by molar-refractivity contribution is -0.383. The lowest BCUT2D eigenvalue weighted by Gasteiger charge is -2.08. The van der Waals surface area contributed by atoms with Crippen LogP contribution < -0.4 is 11.1 Å². The fourth-order valence-electron chi connectivity index (χ4n) is 1.65. The van der Waals surface area contributed by atoms with E-state index in [1.54, 1.807) is 0 Å². The Balaban J connectivity index is 2.26. The quantitative estimate of drug-likeness (QED) is 0.516. The van der Waals surface area contributed by atoms with Gasteiger partial charge < -0.3 is 11.1 Å². The molecule has 0 aliphatic heterocycles. The molecule has 21 heavy (non-hydrogen) atoms. The van der Waals surface area contributed by atoms with Crippen LogP contribution in [0.1, 0.15) is 10.4 Å². The number of nitro groups is 1. The molecule has 0 unspecified atom stereocenters. The van der Waals surface area contributed by atoms with Crippen molar-refractivity contribution in [1.82, 2.24) is 0 Å². The zero-order valence-electron chi connectivity index (χ0n) is 10.5. The third-order valence-electron chi connectivity index (χ3n) is 2.66. The van der Waals surface area contributed by atoms with E-state index < -0.39 is 16.6 Å². The Morgan fingerprint density at radius 1 is 1.29 bits per heavy atom. The summed E-state index contributed by atoms with van der Waals surface area (Å²) in [5.74, 6) is -1.16. The van der Waals surface area contributed by atoms with Gasteiger partial charge in [0.1, 0.15) is 11.5 Å². The molecular formula is C13H9ClFN3O3. The molecular weight excluding hydrogens is 301 g/mol. The van der Waals surface area contributed by atoms with Crippen LogP contribution in [0.4, 0.5) is 21.5 Å². The highest BCUT2D eigenvalue weighted by molar-refractivity contribution is 6.33. The molecule has 0 aliphatic carbocycles. The first-order valence-corrected chi connectivity index (χ1v) is 6.06. The lowest BCUT2D eigenvalue weighted by Crippen LogP contribution is -2.13. The van der Waals surface area contributed by atoms with E-state index in [-0.39, 0.29) is 27.6 Å². The molecule has 6 nitrogen and oxygen atoms in total. The van der Waals surface area contributed by atoms with Gasteiger partial charge in [0.2, 0.25) is 0 Å². The number of nitrogens with zero attached hydrogens (tertiary/aromatic N) is 1. The summed E-state index contributed by atoms with van der Waals surface area (Å²) in [5, 5.41) is 13.2. The number of nitrogens with two attached hydrogens (primary N) is 1. The van der Waals surface area contributed by atoms with E-state index in [2.05, 4.69) is 5.32 Å². The number of anilines is 2. The number of nitrogens with one attached hydrogen (secondary N) is 1. The van der Waals surface area contributed by atoms with Crippen LogP contribution in [0.5, 0.6) is 0 Å². The van der Waals surface area contributed by atoms with E-state index >= 15 is 0 Å². The monoisotopic (exact) mass is 309 g/mol. The van der Waals surface area contributed by atoms with Crippen molar-refractivity contribution in [3.8, 4) is 0 Å². The summed E-state index contributed by atoms with van der Waals surface area (Å²) < 4.78 is 13.1. The second kappa shape index (κ2) is 5.76. The first-order valence-electron chi connectivity index (χ1n) is 5.69. The Kier molecular flexibility index (Phi) is 4.04. The third kappa shape index (κ3) is 3.26. The predicted molar refractivity (Wildman–Crippen MR) is 76.9 cm³/mol. The van der Waals surface area contributed by atoms with E-state index in [1.165, 1.54) is 18.2 Å². The molecule has 8 heteroatoms.